The van der Waals surface area contributed by atoms with Gasteiger partial charge in [0.15, 0.2) is 0 Å². The lowest BCUT2D eigenvalue weighted by molar-refractivity contribution is 0.320. The van der Waals surface area contributed by atoms with Gasteiger partial charge >= 0.3 is 0 Å². The van der Waals surface area contributed by atoms with Crippen LogP contribution in [0.25, 0.3) is 0 Å². The van der Waals surface area contributed by atoms with E-state index in [1.807, 2.05) is 0 Å². The number of hydrogen-bond donors (Lipinski definition) is 1. The molecule has 0 saturated heterocycles. The highest BCUT2D eigenvalue weighted by Crippen LogP contribution is 2.29. The second-order valence-corrected chi connectivity index (χ2v) is 6.78. The Kier molecular flexibility index (Phi) is 5.21. The van der Waals surface area contributed by atoms with E-state index in [0.717, 1.165) is 16.8 Å². The van der Waals surface area contributed by atoms with E-state index < -0.39 is 0 Å². The molecule has 0 aromatic heterocycles. The fourth-order valence-corrected chi connectivity index (χ4v) is 2.82. The maximum atomic E-state index is 6.45. The van der Waals surface area contributed by atoms with Gasteiger partial charge in [-0.3, -0.25) is 0 Å². The molecule has 0 fully saturated rings. The third-order valence-corrected chi connectivity index (χ3v) is 3.68. The molecule has 0 radical (unpaired) electrons. The van der Waals surface area contributed by atoms with E-state index in [1.54, 1.807) is 0 Å². The Hall–Kier alpha value is -0.340. The summed E-state index contributed by atoms with van der Waals surface area (Å²) in [6.07, 6.45) is 2.27. The van der Waals surface area contributed by atoms with E-state index in [4.69, 9.17) is 5.73 Å². The standard InChI is InChI=1S/C15H24BrN/c1-11(2)9-12(3)10-15(4,17)13-5-7-14(16)8-6-13/h5-8,11-12H,9-10,17H2,1-4H3. The molecule has 2 heteroatoms. The lowest BCUT2D eigenvalue weighted by Gasteiger charge is -2.29. The van der Waals surface area contributed by atoms with Crippen molar-refractivity contribution in [3.05, 3.63) is 34.3 Å². The summed E-state index contributed by atoms with van der Waals surface area (Å²) in [5.41, 5.74) is 7.44. The molecule has 0 aliphatic rings. The van der Waals surface area contributed by atoms with Gasteiger partial charge in [0.05, 0.1) is 0 Å². The Morgan fingerprint density at radius 1 is 1.18 bits per heavy atom. The lowest BCUT2D eigenvalue weighted by Crippen LogP contribution is -2.35. The topological polar surface area (TPSA) is 26.0 Å². The van der Waals surface area contributed by atoms with E-state index in [2.05, 4.69) is 67.9 Å². The maximum Gasteiger partial charge on any atom is 0.0383 e. The van der Waals surface area contributed by atoms with Crippen molar-refractivity contribution in [3.8, 4) is 0 Å². The van der Waals surface area contributed by atoms with Crippen molar-refractivity contribution < 1.29 is 0 Å². The number of halogens is 1. The van der Waals surface area contributed by atoms with E-state index in [1.165, 1.54) is 12.0 Å². The number of hydrogen-bond acceptors (Lipinski definition) is 1. The van der Waals surface area contributed by atoms with Crippen molar-refractivity contribution in [2.24, 2.45) is 17.6 Å². The smallest absolute Gasteiger partial charge is 0.0383 e. The molecule has 2 N–H and O–H groups in total. The van der Waals surface area contributed by atoms with E-state index in [0.29, 0.717) is 5.92 Å². The first-order chi connectivity index (χ1) is 7.81. The van der Waals surface area contributed by atoms with Crippen LogP contribution in [0.3, 0.4) is 0 Å². The van der Waals surface area contributed by atoms with Gasteiger partial charge in [-0.15, -0.1) is 0 Å². The van der Waals surface area contributed by atoms with Crippen LogP contribution >= 0.6 is 15.9 Å². The molecule has 2 unspecified atom stereocenters. The quantitative estimate of drug-likeness (QED) is 0.838. The third-order valence-electron chi connectivity index (χ3n) is 3.15. The molecule has 17 heavy (non-hydrogen) atoms. The average molecular weight is 298 g/mol. The van der Waals surface area contributed by atoms with Crippen molar-refractivity contribution >= 4 is 15.9 Å². The number of nitrogens with two attached hydrogens (primary N) is 1. The van der Waals surface area contributed by atoms with Gasteiger partial charge < -0.3 is 5.73 Å². The fraction of sp³-hybridized carbons (Fsp3) is 0.600. The predicted molar refractivity (Wildman–Crippen MR) is 78.9 cm³/mol. The Labute approximate surface area is 114 Å². The summed E-state index contributed by atoms with van der Waals surface area (Å²) in [6, 6.07) is 8.36. The predicted octanol–water partition coefficient (Wildman–Crippen LogP) is 4.70. The zero-order valence-corrected chi connectivity index (χ0v) is 12.9. The normalized spacial score (nSPS) is 16.9. The van der Waals surface area contributed by atoms with E-state index >= 15 is 0 Å². The highest BCUT2D eigenvalue weighted by molar-refractivity contribution is 9.10. The van der Waals surface area contributed by atoms with Gasteiger partial charge in [-0.1, -0.05) is 48.8 Å². The van der Waals surface area contributed by atoms with Crippen LogP contribution in [0.15, 0.2) is 28.7 Å². The zero-order chi connectivity index (χ0) is 13.1. The van der Waals surface area contributed by atoms with Crippen LogP contribution in [-0.2, 0) is 5.54 Å². The van der Waals surface area contributed by atoms with Crippen molar-refractivity contribution in [1.29, 1.82) is 0 Å². The minimum absolute atomic E-state index is 0.227. The van der Waals surface area contributed by atoms with Gasteiger partial charge in [0.1, 0.15) is 0 Å². The highest BCUT2D eigenvalue weighted by atomic mass is 79.9. The molecule has 1 aromatic rings. The van der Waals surface area contributed by atoms with Crippen LogP contribution in [0.2, 0.25) is 0 Å². The molecule has 0 spiro atoms. The number of benzene rings is 1. The molecule has 0 aliphatic carbocycles. The Morgan fingerprint density at radius 2 is 1.71 bits per heavy atom. The van der Waals surface area contributed by atoms with E-state index in [-0.39, 0.29) is 5.54 Å². The number of rotatable bonds is 5. The fourth-order valence-electron chi connectivity index (χ4n) is 2.56. The van der Waals surface area contributed by atoms with Crippen molar-refractivity contribution in [2.75, 3.05) is 0 Å². The minimum atomic E-state index is -0.227. The van der Waals surface area contributed by atoms with Gasteiger partial charge in [0, 0.05) is 10.0 Å². The highest BCUT2D eigenvalue weighted by Gasteiger charge is 2.24. The van der Waals surface area contributed by atoms with Crippen LogP contribution in [0.5, 0.6) is 0 Å². The van der Waals surface area contributed by atoms with E-state index in [9.17, 15) is 0 Å². The van der Waals surface area contributed by atoms with Gasteiger partial charge in [0.25, 0.3) is 0 Å². The van der Waals surface area contributed by atoms with Crippen LogP contribution in [0.1, 0.15) is 46.1 Å². The molecule has 96 valence electrons. The Bertz CT molecular complexity index is 340. The summed E-state index contributed by atoms with van der Waals surface area (Å²) >= 11 is 3.45. The van der Waals surface area contributed by atoms with Crippen LogP contribution in [-0.4, -0.2) is 0 Å². The molecular formula is C15H24BrN. The zero-order valence-electron chi connectivity index (χ0n) is 11.3. The molecule has 1 aromatic carbocycles. The second kappa shape index (κ2) is 6.01. The summed E-state index contributed by atoms with van der Waals surface area (Å²) in [7, 11) is 0. The molecule has 0 saturated carbocycles. The van der Waals surface area contributed by atoms with Crippen molar-refractivity contribution in [3.63, 3.8) is 0 Å². The average Bonchev–Trinajstić information content (AvgIpc) is 2.15. The summed E-state index contributed by atoms with van der Waals surface area (Å²) < 4.78 is 1.10. The van der Waals surface area contributed by atoms with Crippen LogP contribution < -0.4 is 5.73 Å². The SMILES string of the molecule is CC(C)CC(C)CC(C)(N)c1ccc(Br)cc1. The molecule has 1 rings (SSSR count). The van der Waals surface area contributed by atoms with Gasteiger partial charge in [-0.25, -0.2) is 0 Å². The summed E-state index contributed by atoms with van der Waals surface area (Å²) in [5, 5.41) is 0. The molecule has 0 bridgehead atoms. The van der Waals surface area contributed by atoms with Crippen LogP contribution in [0.4, 0.5) is 0 Å². The van der Waals surface area contributed by atoms with Crippen LogP contribution in [0, 0.1) is 11.8 Å². The molecule has 0 heterocycles. The molecule has 0 aliphatic heterocycles. The summed E-state index contributed by atoms with van der Waals surface area (Å²) in [5.74, 6) is 1.40. The third kappa shape index (κ3) is 4.81. The second-order valence-electron chi connectivity index (χ2n) is 5.86. The van der Waals surface area contributed by atoms with Gasteiger partial charge in [-0.05, 0) is 49.3 Å². The Morgan fingerprint density at radius 3 is 2.18 bits per heavy atom. The van der Waals surface area contributed by atoms with Crippen molar-refractivity contribution in [2.45, 2.75) is 46.1 Å². The van der Waals surface area contributed by atoms with Gasteiger partial charge in [0.2, 0.25) is 0 Å². The molecule has 0 amide bonds. The largest absolute Gasteiger partial charge is 0.322 e. The summed E-state index contributed by atoms with van der Waals surface area (Å²) in [4.78, 5) is 0. The lowest BCUT2D eigenvalue weighted by atomic mass is 9.82. The first-order valence-corrected chi connectivity index (χ1v) is 7.15. The molecule has 1 nitrogen and oxygen atoms in total. The maximum absolute atomic E-state index is 6.45. The first kappa shape index (κ1) is 14.7. The Balaban J connectivity index is 2.70. The summed E-state index contributed by atoms with van der Waals surface area (Å²) in [6.45, 7) is 8.96. The first-order valence-electron chi connectivity index (χ1n) is 6.36. The van der Waals surface area contributed by atoms with Crippen molar-refractivity contribution in [1.82, 2.24) is 0 Å². The minimum Gasteiger partial charge on any atom is -0.322 e. The van der Waals surface area contributed by atoms with Gasteiger partial charge in [-0.2, -0.15) is 0 Å². The molecule has 2 atom stereocenters. The molecular weight excluding hydrogens is 274 g/mol. The monoisotopic (exact) mass is 297 g/mol.